The van der Waals surface area contributed by atoms with E-state index in [1.54, 1.807) is 6.07 Å². The zero-order valence-electron chi connectivity index (χ0n) is 12.5. The maximum absolute atomic E-state index is 13.1. The van der Waals surface area contributed by atoms with Gasteiger partial charge >= 0.3 is 0 Å². The van der Waals surface area contributed by atoms with Crippen LogP contribution in [0.1, 0.15) is 18.1 Å². The van der Waals surface area contributed by atoms with E-state index in [9.17, 15) is 9.18 Å². The van der Waals surface area contributed by atoms with Gasteiger partial charge in [0.05, 0.1) is 10.8 Å². The topological polar surface area (TPSA) is 29.1 Å². The third kappa shape index (κ3) is 4.24. The van der Waals surface area contributed by atoms with Gasteiger partial charge in [-0.1, -0.05) is 36.7 Å². The lowest BCUT2D eigenvalue weighted by molar-refractivity contribution is -0.113. The third-order valence-corrected chi connectivity index (χ3v) is 4.55. The van der Waals surface area contributed by atoms with Crippen LogP contribution in [0.2, 0.25) is 5.02 Å². The zero-order valence-corrected chi connectivity index (χ0v) is 14.0. The number of halogens is 2. The average Bonchev–Trinajstić information content (AvgIpc) is 2.50. The number of hydrogen-bond acceptors (Lipinski definition) is 2. The fourth-order valence-electron chi connectivity index (χ4n) is 2.09. The van der Waals surface area contributed by atoms with Crippen LogP contribution in [0.5, 0.6) is 0 Å². The predicted octanol–water partition coefficient (Wildman–Crippen LogP) is 5.08. The lowest BCUT2D eigenvalue weighted by atomic mass is 10.1. The van der Waals surface area contributed by atoms with Crippen molar-refractivity contribution in [3.05, 3.63) is 58.4 Å². The molecule has 5 heteroatoms. The Morgan fingerprint density at radius 2 is 2.09 bits per heavy atom. The highest BCUT2D eigenvalue weighted by Gasteiger charge is 2.10. The van der Waals surface area contributed by atoms with Crippen molar-refractivity contribution in [2.45, 2.75) is 25.2 Å². The number of carbonyl (C=O) groups is 1. The molecule has 1 N–H and O–H groups in total. The predicted molar refractivity (Wildman–Crippen MR) is 91.3 cm³/mol. The normalized spacial score (nSPS) is 10.5. The summed E-state index contributed by atoms with van der Waals surface area (Å²) in [6.07, 6.45) is 0.859. The molecule has 22 heavy (non-hydrogen) atoms. The van der Waals surface area contributed by atoms with Crippen LogP contribution < -0.4 is 5.32 Å². The number of benzene rings is 2. The van der Waals surface area contributed by atoms with Crippen molar-refractivity contribution in [3.63, 3.8) is 0 Å². The summed E-state index contributed by atoms with van der Waals surface area (Å²) < 4.78 is 13.1. The van der Waals surface area contributed by atoms with Crippen molar-refractivity contribution in [2.24, 2.45) is 0 Å². The molecule has 0 aliphatic carbocycles. The summed E-state index contributed by atoms with van der Waals surface area (Å²) in [7, 11) is 0. The van der Waals surface area contributed by atoms with E-state index in [1.807, 2.05) is 25.1 Å². The van der Waals surface area contributed by atoms with E-state index in [-0.39, 0.29) is 16.7 Å². The monoisotopic (exact) mass is 337 g/mol. The number of aryl methyl sites for hydroxylation is 2. The number of anilines is 1. The molecule has 2 aromatic rings. The lowest BCUT2D eigenvalue weighted by Gasteiger charge is -2.12. The molecule has 0 spiro atoms. The Morgan fingerprint density at radius 3 is 2.77 bits per heavy atom. The van der Waals surface area contributed by atoms with E-state index < -0.39 is 5.82 Å². The summed E-state index contributed by atoms with van der Waals surface area (Å²) in [4.78, 5) is 12.9. The molecule has 0 saturated carbocycles. The quantitative estimate of drug-likeness (QED) is 0.771. The molecule has 0 aliphatic heterocycles. The number of nitrogens with one attached hydrogen (secondary N) is 1. The summed E-state index contributed by atoms with van der Waals surface area (Å²) >= 11 is 7.06. The molecule has 0 bridgehead atoms. The van der Waals surface area contributed by atoms with Crippen molar-refractivity contribution < 1.29 is 9.18 Å². The van der Waals surface area contributed by atoms with Crippen molar-refractivity contribution >= 4 is 35.0 Å². The summed E-state index contributed by atoms with van der Waals surface area (Å²) in [6.45, 7) is 4.03. The smallest absolute Gasteiger partial charge is 0.234 e. The van der Waals surface area contributed by atoms with Crippen LogP contribution in [-0.2, 0) is 11.2 Å². The first-order chi connectivity index (χ1) is 10.5. The molecular formula is C17H17ClFNOS. The number of rotatable bonds is 5. The zero-order chi connectivity index (χ0) is 16.1. The molecule has 0 saturated heterocycles. The maximum Gasteiger partial charge on any atom is 0.234 e. The molecule has 0 unspecified atom stereocenters. The van der Waals surface area contributed by atoms with Crippen molar-refractivity contribution in [1.29, 1.82) is 0 Å². The fourth-order valence-corrected chi connectivity index (χ4v) is 3.07. The van der Waals surface area contributed by atoms with Gasteiger partial charge in [0.15, 0.2) is 0 Å². The van der Waals surface area contributed by atoms with Crippen LogP contribution in [0.4, 0.5) is 10.1 Å². The molecule has 2 rings (SSSR count). The second kappa shape index (κ2) is 7.65. The summed E-state index contributed by atoms with van der Waals surface area (Å²) in [6, 6.07) is 10.4. The van der Waals surface area contributed by atoms with E-state index in [0.29, 0.717) is 0 Å². The molecule has 2 nitrogen and oxygen atoms in total. The third-order valence-electron chi connectivity index (χ3n) is 3.27. The first-order valence-electron chi connectivity index (χ1n) is 6.97. The van der Waals surface area contributed by atoms with Gasteiger partial charge < -0.3 is 5.32 Å². The molecule has 0 fully saturated rings. The molecule has 0 aromatic heterocycles. The Balaban J connectivity index is 2.00. The summed E-state index contributed by atoms with van der Waals surface area (Å²) in [5.74, 6) is -0.295. The minimum atomic E-state index is -0.456. The van der Waals surface area contributed by atoms with Crippen LogP contribution in [0.15, 0.2) is 41.3 Å². The van der Waals surface area contributed by atoms with Gasteiger partial charge in [0, 0.05) is 10.6 Å². The highest BCUT2D eigenvalue weighted by Crippen LogP contribution is 2.25. The van der Waals surface area contributed by atoms with E-state index in [4.69, 9.17) is 11.6 Å². The Bertz CT molecular complexity index is 690. The minimum Gasteiger partial charge on any atom is -0.325 e. The van der Waals surface area contributed by atoms with Gasteiger partial charge in [0.25, 0.3) is 0 Å². The van der Waals surface area contributed by atoms with Gasteiger partial charge in [-0.2, -0.15) is 0 Å². The van der Waals surface area contributed by atoms with Crippen LogP contribution >= 0.6 is 23.4 Å². The van der Waals surface area contributed by atoms with Crippen molar-refractivity contribution in [3.8, 4) is 0 Å². The molecule has 0 atom stereocenters. The average molecular weight is 338 g/mol. The molecular weight excluding hydrogens is 321 g/mol. The molecule has 0 aliphatic rings. The summed E-state index contributed by atoms with van der Waals surface area (Å²) in [5.41, 5.74) is 3.04. The van der Waals surface area contributed by atoms with Gasteiger partial charge in [-0.05, 0) is 42.7 Å². The minimum absolute atomic E-state index is 0.0672. The van der Waals surface area contributed by atoms with Crippen molar-refractivity contribution in [1.82, 2.24) is 0 Å². The number of thioether (sulfide) groups is 1. The molecule has 2 aromatic carbocycles. The maximum atomic E-state index is 13.1. The molecule has 0 heterocycles. The van der Waals surface area contributed by atoms with E-state index in [2.05, 4.69) is 12.2 Å². The highest BCUT2D eigenvalue weighted by molar-refractivity contribution is 8.00. The van der Waals surface area contributed by atoms with Crippen LogP contribution in [0.3, 0.4) is 0 Å². The number of amides is 1. The Kier molecular flexibility index (Phi) is 5.86. The Hall–Kier alpha value is -1.52. The lowest BCUT2D eigenvalue weighted by Crippen LogP contribution is -2.16. The van der Waals surface area contributed by atoms with Gasteiger partial charge in [0.2, 0.25) is 5.91 Å². The Morgan fingerprint density at radius 1 is 1.32 bits per heavy atom. The molecule has 0 radical (unpaired) electrons. The van der Waals surface area contributed by atoms with Crippen LogP contribution in [0, 0.1) is 12.7 Å². The van der Waals surface area contributed by atoms with Gasteiger partial charge in [-0.25, -0.2) is 4.39 Å². The largest absolute Gasteiger partial charge is 0.325 e. The van der Waals surface area contributed by atoms with E-state index >= 15 is 0 Å². The highest BCUT2D eigenvalue weighted by atomic mass is 35.5. The van der Waals surface area contributed by atoms with Gasteiger partial charge in [0.1, 0.15) is 5.82 Å². The molecule has 116 valence electrons. The second-order valence-electron chi connectivity index (χ2n) is 4.88. The van der Waals surface area contributed by atoms with Crippen LogP contribution in [-0.4, -0.2) is 11.7 Å². The number of para-hydroxylation sites is 1. The van der Waals surface area contributed by atoms with Gasteiger partial charge in [-0.3, -0.25) is 4.79 Å². The standard InChI is InChI=1S/C17H17ClFNOS/c1-3-12-6-4-5-11(2)17(12)20-16(21)10-22-13-7-8-15(19)14(18)9-13/h4-9H,3,10H2,1-2H3,(H,20,21). The van der Waals surface area contributed by atoms with E-state index in [1.165, 1.54) is 23.9 Å². The number of carbonyl (C=O) groups excluding carboxylic acids is 1. The Labute approximate surface area is 139 Å². The summed E-state index contributed by atoms with van der Waals surface area (Å²) in [5, 5.41) is 3.03. The van der Waals surface area contributed by atoms with Crippen LogP contribution in [0.25, 0.3) is 0 Å². The molecule has 1 amide bonds. The first-order valence-corrected chi connectivity index (χ1v) is 8.33. The van der Waals surface area contributed by atoms with E-state index in [0.717, 1.165) is 28.1 Å². The second-order valence-corrected chi connectivity index (χ2v) is 6.33. The SMILES string of the molecule is CCc1cccc(C)c1NC(=O)CSc1ccc(F)c(Cl)c1. The fraction of sp³-hybridized carbons (Fsp3) is 0.235. The number of hydrogen-bond donors (Lipinski definition) is 1. The van der Waals surface area contributed by atoms with Crippen molar-refractivity contribution in [2.75, 3.05) is 11.1 Å². The first kappa shape index (κ1) is 16.8. The van der Waals surface area contributed by atoms with Gasteiger partial charge in [-0.15, -0.1) is 11.8 Å².